The summed E-state index contributed by atoms with van der Waals surface area (Å²) in [5, 5.41) is 9.48. The number of hydrogen-bond donors (Lipinski definition) is 2. The molecule has 108 valence electrons. The molecule has 18 heavy (non-hydrogen) atoms. The van der Waals surface area contributed by atoms with Gasteiger partial charge in [0.25, 0.3) is 0 Å². The van der Waals surface area contributed by atoms with E-state index >= 15 is 0 Å². The fraction of sp³-hybridized carbons (Fsp3) is 1.00. The Morgan fingerprint density at radius 2 is 1.39 bits per heavy atom. The Hall–Kier alpha value is 0.0700. The summed E-state index contributed by atoms with van der Waals surface area (Å²) in [6.07, 6.45) is 8.76. The standard InChI is InChI=1S/C12H25O5P/c13-12-10-8-6-4-2-1-3-5-7-9-11-16-18(14,15)17-12/h12-13H,1-11H2,(H,14,15). The molecule has 0 aromatic heterocycles. The van der Waals surface area contributed by atoms with Crippen LogP contribution in [-0.2, 0) is 13.6 Å². The SMILES string of the molecule is O=P1(O)OCCCCCCCCCCCC(O)O1. The van der Waals surface area contributed by atoms with Crippen molar-refractivity contribution >= 4 is 7.82 Å². The molecule has 5 nitrogen and oxygen atoms in total. The molecule has 2 unspecified atom stereocenters. The summed E-state index contributed by atoms with van der Waals surface area (Å²) in [6, 6.07) is 0. The first-order valence-electron chi connectivity index (χ1n) is 6.94. The number of rotatable bonds is 0. The van der Waals surface area contributed by atoms with E-state index in [9.17, 15) is 14.6 Å². The van der Waals surface area contributed by atoms with Gasteiger partial charge in [-0.3, -0.25) is 9.05 Å². The van der Waals surface area contributed by atoms with E-state index in [0.717, 1.165) is 38.5 Å². The van der Waals surface area contributed by atoms with Crippen molar-refractivity contribution in [1.82, 2.24) is 0 Å². The molecule has 0 aromatic carbocycles. The maximum Gasteiger partial charge on any atom is 0.474 e. The molecule has 6 heteroatoms. The average Bonchev–Trinajstić information content (AvgIpc) is 2.29. The number of aliphatic hydroxyl groups excluding tert-OH is 1. The maximum atomic E-state index is 11.5. The largest absolute Gasteiger partial charge is 0.474 e. The van der Waals surface area contributed by atoms with Crippen LogP contribution in [0, 0.1) is 0 Å². The van der Waals surface area contributed by atoms with Gasteiger partial charge < -0.3 is 10.00 Å². The predicted molar refractivity (Wildman–Crippen MR) is 69.0 cm³/mol. The van der Waals surface area contributed by atoms with Gasteiger partial charge in [0.2, 0.25) is 0 Å². The van der Waals surface area contributed by atoms with Crippen LogP contribution in [0.1, 0.15) is 64.2 Å². The van der Waals surface area contributed by atoms with E-state index in [1.807, 2.05) is 0 Å². The van der Waals surface area contributed by atoms with Gasteiger partial charge in [0.05, 0.1) is 6.61 Å². The van der Waals surface area contributed by atoms with E-state index in [1.54, 1.807) is 0 Å². The van der Waals surface area contributed by atoms with Gasteiger partial charge >= 0.3 is 7.82 Å². The van der Waals surface area contributed by atoms with Crippen molar-refractivity contribution in [2.24, 2.45) is 0 Å². The Kier molecular flexibility index (Phi) is 8.11. The van der Waals surface area contributed by atoms with Gasteiger partial charge in [0, 0.05) is 0 Å². The number of phosphoric acid groups is 1. The van der Waals surface area contributed by atoms with Gasteiger partial charge in [-0.15, -0.1) is 0 Å². The molecule has 0 amide bonds. The monoisotopic (exact) mass is 280 g/mol. The van der Waals surface area contributed by atoms with Crippen LogP contribution in [0.2, 0.25) is 0 Å². The maximum absolute atomic E-state index is 11.5. The van der Waals surface area contributed by atoms with E-state index < -0.39 is 14.1 Å². The minimum Gasteiger partial charge on any atom is -0.367 e. The molecule has 1 aliphatic rings. The van der Waals surface area contributed by atoms with Crippen molar-refractivity contribution in [3.8, 4) is 0 Å². The highest BCUT2D eigenvalue weighted by Gasteiger charge is 2.24. The quantitative estimate of drug-likeness (QED) is 0.665. The minimum atomic E-state index is -4.08. The minimum absolute atomic E-state index is 0.209. The Bertz CT molecular complexity index is 259. The summed E-state index contributed by atoms with van der Waals surface area (Å²) < 4.78 is 20.9. The lowest BCUT2D eigenvalue weighted by Crippen LogP contribution is -2.11. The highest BCUT2D eigenvalue weighted by Crippen LogP contribution is 2.45. The molecule has 0 saturated carbocycles. The Morgan fingerprint density at radius 3 is 2.00 bits per heavy atom. The number of aliphatic hydroxyl groups is 1. The van der Waals surface area contributed by atoms with Gasteiger partial charge in [0.15, 0.2) is 6.29 Å². The van der Waals surface area contributed by atoms with Crippen LogP contribution in [0.5, 0.6) is 0 Å². The first-order chi connectivity index (χ1) is 8.60. The average molecular weight is 280 g/mol. The van der Waals surface area contributed by atoms with E-state index in [-0.39, 0.29) is 6.61 Å². The zero-order valence-electron chi connectivity index (χ0n) is 10.9. The van der Waals surface area contributed by atoms with Crippen LogP contribution in [-0.4, -0.2) is 22.9 Å². The zero-order valence-corrected chi connectivity index (χ0v) is 11.8. The fourth-order valence-electron chi connectivity index (χ4n) is 2.08. The molecule has 2 atom stereocenters. The highest BCUT2D eigenvalue weighted by atomic mass is 31.2. The molecule has 0 aromatic rings. The first-order valence-corrected chi connectivity index (χ1v) is 8.43. The van der Waals surface area contributed by atoms with Crippen LogP contribution in [0.3, 0.4) is 0 Å². The van der Waals surface area contributed by atoms with Crippen LogP contribution in [0.25, 0.3) is 0 Å². The molecular formula is C12H25O5P. The van der Waals surface area contributed by atoms with Crippen LogP contribution < -0.4 is 0 Å². The summed E-state index contributed by atoms with van der Waals surface area (Å²) in [6.45, 7) is 0.209. The lowest BCUT2D eigenvalue weighted by Gasteiger charge is -2.16. The predicted octanol–water partition coefficient (Wildman–Crippen LogP) is 3.35. The van der Waals surface area contributed by atoms with Crippen LogP contribution in [0.15, 0.2) is 0 Å². The van der Waals surface area contributed by atoms with Crippen LogP contribution >= 0.6 is 7.82 Å². The summed E-state index contributed by atoms with van der Waals surface area (Å²) in [5.74, 6) is 0. The smallest absolute Gasteiger partial charge is 0.367 e. The van der Waals surface area contributed by atoms with Crippen molar-refractivity contribution in [2.45, 2.75) is 70.5 Å². The Labute approximate surface area is 109 Å². The summed E-state index contributed by atoms with van der Waals surface area (Å²) in [5.41, 5.74) is 0. The van der Waals surface area contributed by atoms with Gasteiger partial charge in [-0.25, -0.2) is 4.57 Å². The third kappa shape index (κ3) is 8.22. The second-order valence-electron chi connectivity index (χ2n) is 4.83. The molecule has 0 bridgehead atoms. The number of hydrogen-bond acceptors (Lipinski definition) is 4. The van der Waals surface area contributed by atoms with E-state index in [1.165, 1.54) is 19.3 Å². The molecule has 0 spiro atoms. The third-order valence-corrected chi connectivity index (χ3v) is 4.12. The van der Waals surface area contributed by atoms with Crippen molar-refractivity contribution in [1.29, 1.82) is 0 Å². The molecule has 0 radical (unpaired) electrons. The fourth-order valence-corrected chi connectivity index (χ4v) is 2.91. The van der Waals surface area contributed by atoms with Crippen molar-refractivity contribution < 1.29 is 23.6 Å². The van der Waals surface area contributed by atoms with Crippen molar-refractivity contribution in [3.63, 3.8) is 0 Å². The molecule has 1 saturated heterocycles. The normalized spacial score (nSPS) is 34.4. The Morgan fingerprint density at radius 1 is 0.889 bits per heavy atom. The van der Waals surface area contributed by atoms with E-state index in [2.05, 4.69) is 4.52 Å². The molecule has 1 rings (SSSR count). The molecular weight excluding hydrogens is 255 g/mol. The van der Waals surface area contributed by atoms with Gasteiger partial charge in [-0.05, 0) is 19.3 Å². The lowest BCUT2D eigenvalue weighted by atomic mass is 10.1. The molecule has 1 aliphatic heterocycles. The van der Waals surface area contributed by atoms with E-state index in [4.69, 9.17) is 4.52 Å². The second kappa shape index (κ2) is 9.05. The van der Waals surface area contributed by atoms with Crippen molar-refractivity contribution in [3.05, 3.63) is 0 Å². The molecule has 1 fully saturated rings. The lowest BCUT2D eigenvalue weighted by molar-refractivity contribution is -0.0482. The third-order valence-electron chi connectivity index (χ3n) is 3.10. The molecule has 2 N–H and O–H groups in total. The first kappa shape index (κ1) is 16.1. The van der Waals surface area contributed by atoms with Crippen molar-refractivity contribution in [2.75, 3.05) is 6.61 Å². The Balaban J connectivity index is 2.35. The summed E-state index contributed by atoms with van der Waals surface area (Å²) >= 11 is 0. The molecule has 0 aliphatic carbocycles. The van der Waals surface area contributed by atoms with Gasteiger partial charge in [-0.1, -0.05) is 44.9 Å². The number of phosphoric ester groups is 1. The van der Waals surface area contributed by atoms with Gasteiger partial charge in [0.1, 0.15) is 0 Å². The summed E-state index contributed by atoms with van der Waals surface area (Å²) in [4.78, 5) is 9.36. The van der Waals surface area contributed by atoms with Gasteiger partial charge in [-0.2, -0.15) is 0 Å². The van der Waals surface area contributed by atoms with Crippen LogP contribution in [0.4, 0.5) is 0 Å². The topological polar surface area (TPSA) is 76.0 Å². The highest BCUT2D eigenvalue weighted by molar-refractivity contribution is 7.47. The second-order valence-corrected chi connectivity index (χ2v) is 6.24. The zero-order chi connectivity index (χ0) is 13.3. The van der Waals surface area contributed by atoms with E-state index in [0.29, 0.717) is 6.42 Å². The molecule has 1 heterocycles. The summed E-state index contributed by atoms with van der Waals surface area (Å²) in [7, 11) is -4.08.